The number of fused-ring (bicyclic) bond motifs is 3. The number of aromatic nitrogens is 1. The molecule has 3 fully saturated rings. The Morgan fingerprint density at radius 2 is 2.00 bits per heavy atom. The Balaban J connectivity index is 1.56. The van der Waals surface area contributed by atoms with Crippen LogP contribution < -0.4 is 0 Å². The molecule has 1 amide bonds. The van der Waals surface area contributed by atoms with Crippen LogP contribution in [0.5, 0.6) is 0 Å². The molecule has 2 bridgehead atoms. The van der Waals surface area contributed by atoms with Gasteiger partial charge in [0.15, 0.2) is 0 Å². The molecule has 0 aliphatic carbocycles. The second-order valence-electron chi connectivity index (χ2n) is 7.00. The van der Waals surface area contributed by atoms with E-state index >= 15 is 0 Å². The maximum atomic E-state index is 13.2. The van der Waals surface area contributed by atoms with Gasteiger partial charge in [0.2, 0.25) is 0 Å². The van der Waals surface area contributed by atoms with Gasteiger partial charge in [0.05, 0.1) is 0 Å². The normalized spacial score (nSPS) is 30.8. The van der Waals surface area contributed by atoms with Gasteiger partial charge in [-0.2, -0.15) is 0 Å². The van der Waals surface area contributed by atoms with Crippen molar-refractivity contribution in [2.24, 2.45) is 5.92 Å². The number of rotatable bonds is 1. The van der Waals surface area contributed by atoms with Crippen LogP contribution in [-0.4, -0.2) is 52.9 Å². The zero-order valence-electron chi connectivity index (χ0n) is 12.7. The van der Waals surface area contributed by atoms with Crippen LogP contribution in [0.2, 0.25) is 0 Å². The predicted octanol–water partition coefficient (Wildman–Crippen LogP) is 2.26. The number of carbonyl (C=O) groups is 1. The number of carbonyl (C=O) groups excluding carboxylic acids is 1. The summed E-state index contributed by atoms with van der Waals surface area (Å²) in [6.45, 7) is 4.37. The number of piperidine rings is 3. The lowest BCUT2D eigenvalue weighted by molar-refractivity contribution is 0.00827. The van der Waals surface area contributed by atoms with Crippen LogP contribution in [0.15, 0.2) is 24.4 Å². The Hall–Kier alpha value is -1.81. The quantitative estimate of drug-likeness (QED) is 0.876. The number of H-pyrrole nitrogens is 1. The molecule has 5 heterocycles. The molecule has 4 nitrogen and oxygen atoms in total. The van der Waals surface area contributed by atoms with E-state index < -0.39 is 0 Å². The maximum absolute atomic E-state index is 13.2. The van der Waals surface area contributed by atoms with Gasteiger partial charge < -0.3 is 14.8 Å². The van der Waals surface area contributed by atoms with Gasteiger partial charge in [0.1, 0.15) is 0 Å². The predicted molar refractivity (Wildman–Crippen MR) is 86.0 cm³/mol. The van der Waals surface area contributed by atoms with Gasteiger partial charge in [0, 0.05) is 41.8 Å². The summed E-state index contributed by atoms with van der Waals surface area (Å²) in [5.41, 5.74) is 3.28. The fraction of sp³-hybridized carbons (Fsp3) is 0.500. The smallest absolute Gasteiger partial charge is 0.254 e. The molecular weight excluding hydrogens is 274 g/mol. The molecule has 114 valence electrons. The van der Waals surface area contributed by atoms with E-state index in [0.717, 1.165) is 36.0 Å². The molecular formula is C18H21N3O. The van der Waals surface area contributed by atoms with Crippen molar-refractivity contribution in [2.75, 3.05) is 26.2 Å². The van der Waals surface area contributed by atoms with Gasteiger partial charge in [-0.25, -0.2) is 0 Å². The van der Waals surface area contributed by atoms with Crippen molar-refractivity contribution in [2.45, 2.75) is 25.3 Å². The first-order valence-corrected chi connectivity index (χ1v) is 8.43. The van der Waals surface area contributed by atoms with Crippen LogP contribution in [0, 0.1) is 5.92 Å². The maximum Gasteiger partial charge on any atom is 0.254 e. The van der Waals surface area contributed by atoms with Crippen molar-refractivity contribution in [3.8, 4) is 0 Å². The molecule has 1 unspecified atom stereocenters. The molecule has 4 heteroatoms. The second kappa shape index (κ2) is 4.59. The van der Waals surface area contributed by atoms with Crippen molar-refractivity contribution in [3.05, 3.63) is 35.5 Å². The third kappa shape index (κ3) is 1.70. The van der Waals surface area contributed by atoms with Crippen LogP contribution in [0.25, 0.3) is 10.9 Å². The highest BCUT2D eigenvalue weighted by molar-refractivity contribution is 6.08. The third-order valence-corrected chi connectivity index (χ3v) is 5.92. The first-order chi connectivity index (χ1) is 10.8. The molecule has 22 heavy (non-hydrogen) atoms. The highest BCUT2D eigenvalue weighted by atomic mass is 16.2. The SMILES string of the molecule is O=C1c2cccc3[nH]cc(c23)CCN1C1CN2CCC1CC2. The van der Waals surface area contributed by atoms with E-state index in [2.05, 4.69) is 27.0 Å². The van der Waals surface area contributed by atoms with Gasteiger partial charge in [-0.05, 0) is 56.0 Å². The topological polar surface area (TPSA) is 39.3 Å². The van der Waals surface area contributed by atoms with Crippen molar-refractivity contribution in [1.82, 2.24) is 14.8 Å². The molecule has 4 aliphatic rings. The number of aromatic amines is 1. The van der Waals surface area contributed by atoms with Crippen molar-refractivity contribution < 1.29 is 4.79 Å². The summed E-state index contributed by atoms with van der Waals surface area (Å²) < 4.78 is 0. The Morgan fingerprint density at radius 1 is 1.14 bits per heavy atom. The number of hydrogen-bond donors (Lipinski definition) is 1. The first-order valence-electron chi connectivity index (χ1n) is 8.43. The van der Waals surface area contributed by atoms with Crippen LogP contribution in [0.4, 0.5) is 0 Å². The molecule has 1 aromatic heterocycles. The molecule has 6 rings (SSSR count). The fourth-order valence-corrected chi connectivity index (χ4v) is 4.73. The lowest BCUT2D eigenvalue weighted by Gasteiger charge is -2.49. The van der Waals surface area contributed by atoms with E-state index in [-0.39, 0.29) is 5.91 Å². The number of benzene rings is 1. The minimum Gasteiger partial charge on any atom is -0.361 e. The molecule has 3 saturated heterocycles. The van der Waals surface area contributed by atoms with Gasteiger partial charge in [0.25, 0.3) is 5.91 Å². The van der Waals surface area contributed by atoms with Crippen LogP contribution in [-0.2, 0) is 6.42 Å². The number of amides is 1. The van der Waals surface area contributed by atoms with E-state index in [4.69, 9.17) is 0 Å². The summed E-state index contributed by atoms with van der Waals surface area (Å²) in [5.74, 6) is 0.940. The molecule has 0 spiro atoms. The van der Waals surface area contributed by atoms with E-state index in [0.29, 0.717) is 12.0 Å². The lowest BCUT2D eigenvalue weighted by Crippen LogP contribution is -2.58. The minimum absolute atomic E-state index is 0.239. The molecule has 4 aliphatic heterocycles. The highest BCUT2D eigenvalue weighted by Gasteiger charge is 2.40. The Morgan fingerprint density at radius 3 is 2.77 bits per heavy atom. The molecule has 2 aromatic rings. The number of hydrogen-bond acceptors (Lipinski definition) is 2. The first kappa shape index (κ1) is 12.7. The molecule has 1 aromatic carbocycles. The van der Waals surface area contributed by atoms with Crippen LogP contribution >= 0.6 is 0 Å². The van der Waals surface area contributed by atoms with E-state index in [1.807, 2.05) is 12.1 Å². The summed E-state index contributed by atoms with van der Waals surface area (Å²) in [6, 6.07) is 6.48. The van der Waals surface area contributed by atoms with Gasteiger partial charge in [-0.15, -0.1) is 0 Å². The summed E-state index contributed by atoms with van der Waals surface area (Å²) in [5, 5.41) is 1.15. The molecule has 1 atom stereocenters. The van der Waals surface area contributed by atoms with E-state index in [1.165, 1.54) is 31.5 Å². The summed E-state index contributed by atoms with van der Waals surface area (Å²) in [6.07, 6.45) is 5.56. The standard InChI is InChI=1S/C18H21N3O/c22-18-14-2-1-3-15-17(14)13(10-19-15)6-9-21(18)16-11-20-7-4-12(16)5-8-20/h1-3,10,12,16,19H,4-9,11H2. The van der Waals surface area contributed by atoms with Crippen molar-refractivity contribution in [1.29, 1.82) is 0 Å². The zero-order valence-corrected chi connectivity index (χ0v) is 12.7. The fourth-order valence-electron chi connectivity index (χ4n) is 4.73. The highest BCUT2D eigenvalue weighted by Crippen LogP contribution is 2.34. The summed E-state index contributed by atoms with van der Waals surface area (Å²) >= 11 is 0. The average Bonchev–Trinajstić information content (AvgIpc) is 2.93. The average molecular weight is 295 g/mol. The van der Waals surface area contributed by atoms with Gasteiger partial charge >= 0.3 is 0 Å². The van der Waals surface area contributed by atoms with Crippen LogP contribution in [0.1, 0.15) is 28.8 Å². The van der Waals surface area contributed by atoms with E-state index in [9.17, 15) is 4.79 Å². The molecule has 0 radical (unpaired) electrons. The minimum atomic E-state index is 0.239. The third-order valence-electron chi connectivity index (χ3n) is 5.92. The van der Waals surface area contributed by atoms with Gasteiger partial charge in [-0.3, -0.25) is 4.79 Å². The van der Waals surface area contributed by atoms with Crippen molar-refractivity contribution in [3.63, 3.8) is 0 Å². The summed E-state index contributed by atoms with van der Waals surface area (Å²) in [7, 11) is 0. The zero-order chi connectivity index (χ0) is 14.7. The number of nitrogens with zero attached hydrogens (tertiary/aromatic N) is 2. The van der Waals surface area contributed by atoms with Crippen LogP contribution in [0.3, 0.4) is 0 Å². The molecule has 1 N–H and O–H groups in total. The van der Waals surface area contributed by atoms with E-state index in [1.54, 1.807) is 0 Å². The second-order valence-corrected chi connectivity index (χ2v) is 7.00. The largest absolute Gasteiger partial charge is 0.361 e. The Labute approximate surface area is 130 Å². The summed E-state index contributed by atoms with van der Waals surface area (Å²) in [4.78, 5) is 21.2. The Bertz CT molecular complexity index is 742. The monoisotopic (exact) mass is 295 g/mol. The lowest BCUT2D eigenvalue weighted by atomic mass is 9.83. The van der Waals surface area contributed by atoms with Crippen molar-refractivity contribution >= 4 is 16.8 Å². The van der Waals surface area contributed by atoms with Gasteiger partial charge in [-0.1, -0.05) is 6.07 Å². The Kier molecular flexibility index (Phi) is 2.65. The molecule has 0 saturated carbocycles. The number of nitrogens with one attached hydrogen (secondary N) is 1.